The summed E-state index contributed by atoms with van der Waals surface area (Å²) in [6.07, 6.45) is 0. The lowest BCUT2D eigenvalue weighted by Crippen LogP contribution is -2.37. The van der Waals surface area contributed by atoms with E-state index in [0.29, 0.717) is 5.82 Å². The van der Waals surface area contributed by atoms with Crippen LogP contribution in [0.4, 0.5) is 11.6 Å². The molecule has 0 spiro atoms. The monoisotopic (exact) mass is 271 g/mol. The quantitative estimate of drug-likeness (QED) is 0.490. The van der Waals surface area contributed by atoms with Crippen LogP contribution < -0.4 is 21.7 Å². The van der Waals surface area contributed by atoms with E-state index in [-0.39, 0.29) is 22.6 Å². The number of amides is 1. The van der Waals surface area contributed by atoms with Crippen molar-refractivity contribution in [3.05, 3.63) is 10.8 Å². The number of nitrogens with one attached hydrogen (secondary N) is 1. The molecule has 5 N–H and O–H groups in total. The smallest absolute Gasteiger partial charge is 0.280 e. The van der Waals surface area contributed by atoms with Gasteiger partial charge < -0.3 is 16.4 Å². The molecule has 0 aromatic carbocycles. The average Bonchev–Trinajstić information content (AvgIpc) is 2.30. The van der Waals surface area contributed by atoms with Gasteiger partial charge in [-0.2, -0.15) is 0 Å². The summed E-state index contributed by atoms with van der Waals surface area (Å²) in [5.41, 5.74) is 10.9. The summed E-state index contributed by atoms with van der Waals surface area (Å²) in [6.45, 7) is 0. The van der Waals surface area contributed by atoms with E-state index in [0.717, 1.165) is 0 Å². The zero-order valence-electron chi connectivity index (χ0n) is 10.2. The zero-order chi connectivity index (χ0) is 13.9. The van der Waals surface area contributed by atoms with Gasteiger partial charge in [-0.05, 0) is 0 Å². The minimum absolute atomic E-state index is 0.0375. The largest absolute Gasteiger partial charge is 0.382 e. The second-order valence-electron chi connectivity index (χ2n) is 3.53. The molecule has 0 aliphatic rings. The lowest BCUT2D eigenvalue weighted by Gasteiger charge is -2.14. The number of nitrogens with zero attached hydrogens (tertiary/aromatic N) is 4. The van der Waals surface area contributed by atoms with Crippen LogP contribution in [0, 0.1) is 0 Å². The fraction of sp³-hybridized carbons (Fsp3) is 0.333. The summed E-state index contributed by atoms with van der Waals surface area (Å²) in [5, 5.41) is 2.37. The van der Waals surface area contributed by atoms with Crippen molar-refractivity contribution in [2.75, 3.05) is 31.8 Å². The van der Waals surface area contributed by atoms with E-state index in [2.05, 4.69) is 20.3 Å². The van der Waals surface area contributed by atoms with Gasteiger partial charge in [0, 0.05) is 21.1 Å². The predicted octanol–water partition coefficient (Wildman–Crippen LogP) is -0.547. The van der Waals surface area contributed by atoms with Gasteiger partial charge in [-0.1, -0.05) is 11.6 Å². The maximum absolute atomic E-state index is 11.7. The predicted molar refractivity (Wildman–Crippen MR) is 70.8 cm³/mol. The molecule has 0 bridgehead atoms. The van der Waals surface area contributed by atoms with E-state index in [1.165, 1.54) is 7.05 Å². The van der Waals surface area contributed by atoms with Crippen molar-refractivity contribution in [2.24, 2.45) is 10.7 Å². The molecule has 0 aliphatic carbocycles. The molecule has 1 aromatic rings. The summed E-state index contributed by atoms with van der Waals surface area (Å²) in [5.74, 6) is -0.323. The van der Waals surface area contributed by atoms with Crippen molar-refractivity contribution >= 4 is 35.1 Å². The Balaban J connectivity index is 3.12. The first-order valence-electron chi connectivity index (χ1n) is 4.90. The number of carbonyl (C=O) groups is 1. The summed E-state index contributed by atoms with van der Waals surface area (Å²) < 4.78 is 0. The van der Waals surface area contributed by atoms with Crippen LogP contribution in [0.1, 0.15) is 10.5 Å². The van der Waals surface area contributed by atoms with Gasteiger partial charge in [-0.3, -0.25) is 15.1 Å². The molecular weight excluding hydrogens is 258 g/mol. The Kier molecular flexibility index (Phi) is 4.27. The van der Waals surface area contributed by atoms with E-state index in [1.54, 1.807) is 19.0 Å². The summed E-state index contributed by atoms with van der Waals surface area (Å²) >= 11 is 5.90. The van der Waals surface area contributed by atoms with Gasteiger partial charge in [0.15, 0.2) is 28.4 Å². The maximum atomic E-state index is 11.7. The van der Waals surface area contributed by atoms with Crippen LogP contribution in [-0.2, 0) is 0 Å². The molecule has 0 saturated heterocycles. The highest BCUT2D eigenvalue weighted by atomic mass is 35.5. The van der Waals surface area contributed by atoms with E-state index < -0.39 is 5.91 Å². The summed E-state index contributed by atoms with van der Waals surface area (Å²) in [7, 11) is 4.90. The van der Waals surface area contributed by atoms with Crippen molar-refractivity contribution in [1.82, 2.24) is 15.3 Å². The molecule has 0 unspecified atom stereocenters. The second-order valence-corrected chi connectivity index (χ2v) is 3.89. The number of anilines is 2. The Morgan fingerprint density at radius 3 is 2.56 bits per heavy atom. The number of carbonyl (C=O) groups excluding carboxylic acids is 1. The van der Waals surface area contributed by atoms with Crippen LogP contribution >= 0.6 is 11.6 Å². The van der Waals surface area contributed by atoms with E-state index in [4.69, 9.17) is 23.1 Å². The number of guanidine groups is 1. The Labute approximate surface area is 109 Å². The second kappa shape index (κ2) is 5.50. The van der Waals surface area contributed by atoms with Crippen LogP contribution in [0.3, 0.4) is 0 Å². The molecule has 1 heterocycles. The maximum Gasteiger partial charge on any atom is 0.280 e. The number of aromatic nitrogens is 2. The topological polar surface area (TPSA) is 123 Å². The van der Waals surface area contributed by atoms with E-state index in [1.807, 2.05) is 0 Å². The first kappa shape index (κ1) is 14.0. The molecule has 8 nitrogen and oxygen atoms in total. The van der Waals surface area contributed by atoms with Gasteiger partial charge in [-0.25, -0.2) is 9.97 Å². The van der Waals surface area contributed by atoms with Gasteiger partial charge in [-0.15, -0.1) is 0 Å². The fourth-order valence-electron chi connectivity index (χ4n) is 1.10. The SMILES string of the molecule is CN=C(N)NC(=O)c1nc(Cl)c(N(C)C)nc1N. The van der Waals surface area contributed by atoms with Crippen LogP contribution in [0.25, 0.3) is 0 Å². The molecule has 0 fully saturated rings. The van der Waals surface area contributed by atoms with Crippen molar-refractivity contribution in [3.8, 4) is 0 Å². The van der Waals surface area contributed by atoms with Gasteiger partial charge in [0.25, 0.3) is 5.91 Å². The van der Waals surface area contributed by atoms with Crippen molar-refractivity contribution in [2.45, 2.75) is 0 Å². The van der Waals surface area contributed by atoms with Crippen LogP contribution in [-0.4, -0.2) is 43.0 Å². The van der Waals surface area contributed by atoms with Crippen LogP contribution in [0.2, 0.25) is 5.15 Å². The molecule has 18 heavy (non-hydrogen) atoms. The normalized spacial score (nSPS) is 11.2. The molecule has 1 rings (SSSR count). The summed E-state index contributed by atoms with van der Waals surface area (Å²) in [6, 6.07) is 0. The van der Waals surface area contributed by atoms with Crippen molar-refractivity contribution < 1.29 is 4.79 Å². The third kappa shape index (κ3) is 2.98. The molecule has 0 atom stereocenters. The van der Waals surface area contributed by atoms with E-state index >= 15 is 0 Å². The average molecular weight is 272 g/mol. The highest BCUT2D eigenvalue weighted by molar-refractivity contribution is 6.32. The minimum atomic E-state index is -0.615. The zero-order valence-corrected chi connectivity index (χ0v) is 11.0. The highest BCUT2D eigenvalue weighted by Crippen LogP contribution is 2.22. The molecule has 9 heteroatoms. The number of rotatable bonds is 2. The van der Waals surface area contributed by atoms with Gasteiger partial charge >= 0.3 is 0 Å². The first-order valence-corrected chi connectivity index (χ1v) is 5.28. The number of aliphatic imine (C=N–C) groups is 1. The third-order valence-electron chi connectivity index (χ3n) is 1.98. The third-order valence-corrected chi connectivity index (χ3v) is 2.24. The lowest BCUT2D eigenvalue weighted by atomic mass is 10.3. The fourth-order valence-corrected chi connectivity index (χ4v) is 1.40. The molecular formula is C9H14ClN7O. The molecule has 1 aromatic heterocycles. The lowest BCUT2D eigenvalue weighted by molar-refractivity contribution is 0.0972. The molecule has 0 radical (unpaired) electrons. The number of nitrogens with two attached hydrogens (primary N) is 2. The van der Waals surface area contributed by atoms with Crippen LogP contribution in [0.5, 0.6) is 0 Å². The Morgan fingerprint density at radius 2 is 2.06 bits per heavy atom. The number of nitrogen functional groups attached to an aromatic ring is 1. The van der Waals surface area contributed by atoms with Gasteiger partial charge in [0.1, 0.15) is 0 Å². The number of hydrogen-bond acceptors (Lipinski definition) is 6. The summed E-state index contributed by atoms with van der Waals surface area (Å²) in [4.78, 5) is 24.8. The number of hydrogen-bond donors (Lipinski definition) is 3. The number of halogens is 1. The van der Waals surface area contributed by atoms with Crippen molar-refractivity contribution in [1.29, 1.82) is 0 Å². The first-order chi connectivity index (χ1) is 8.36. The molecule has 0 aliphatic heterocycles. The molecule has 0 saturated carbocycles. The minimum Gasteiger partial charge on any atom is -0.382 e. The van der Waals surface area contributed by atoms with Gasteiger partial charge in [0.2, 0.25) is 0 Å². The Hall–Kier alpha value is -2.09. The standard InChI is InChI=1S/C9H14ClN7O/c1-13-9(12)16-8(18)4-6(11)15-7(17(2)3)5(10)14-4/h1-3H3,(H2,11,15)(H3,12,13,16,18). The van der Waals surface area contributed by atoms with E-state index in [9.17, 15) is 4.79 Å². The van der Waals surface area contributed by atoms with Crippen molar-refractivity contribution in [3.63, 3.8) is 0 Å². The van der Waals surface area contributed by atoms with Gasteiger partial charge in [0.05, 0.1) is 0 Å². The highest BCUT2D eigenvalue weighted by Gasteiger charge is 2.18. The molecule has 98 valence electrons. The van der Waals surface area contributed by atoms with Crippen LogP contribution in [0.15, 0.2) is 4.99 Å². The Morgan fingerprint density at radius 1 is 1.44 bits per heavy atom. The Bertz CT molecular complexity index is 500. The molecule has 1 amide bonds.